The number of carbonyl (C=O) groups excluding carboxylic acids is 2. The van der Waals surface area contributed by atoms with Gasteiger partial charge in [0.2, 0.25) is 5.91 Å². The molecule has 0 saturated carbocycles. The Morgan fingerprint density at radius 1 is 1.26 bits per heavy atom. The van der Waals surface area contributed by atoms with Crippen LogP contribution in [0.15, 0.2) is 18.2 Å². The van der Waals surface area contributed by atoms with Crippen molar-refractivity contribution < 1.29 is 23.9 Å². The Morgan fingerprint density at radius 2 is 1.93 bits per heavy atom. The number of carboxylic acids is 1. The third-order valence-corrected chi connectivity index (χ3v) is 5.20. The lowest BCUT2D eigenvalue weighted by Crippen LogP contribution is -2.40. The largest absolute Gasteiger partial charge is 0.481 e. The van der Waals surface area contributed by atoms with Crippen molar-refractivity contribution in [3.63, 3.8) is 0 Å². The molecule has 27 heavy (non-hydrogen) atoms. The minimum atomic E-state index is -0.973. The van der Waals surface area contributed by atoms with Crippen LogP contribution in [0.5, 0.6) is 0 Å². The van der Waals surface area contributed by atoms with E-state index in [-0.39, 0.29) is 42.0 Å². The van der Waals surface area contributed by atoms with Gasteiger partial charge in [0.25, 0.3) is 5.91 Å². The third kappa shape index (κ3) is 4.46. The maximum atomic E-state index is 14.3. The molecule has 2 rings (SSSR count). The number of hydrogen-bond donors (Lipinski definition) is 2. The van der Waals surface area contributed by atoms with Crippen LogP contribution in [0.2, 0.25) is 0 Å². The van der Waals surface area contributed by atoms with E-state index in [1.54, 1.807) is 0 Å². The van der Waals surface area contributed by atoms with Gasteiger partial charge in [0, 0.05) is 25.1 Å². The van der Waals surface area contributed by atoms with Gasteiger partial charge >= 0.3 is 5.97 Å². The van der Waals surface area contributed by atoms with E-state index in [0.29, 0.717) is 13.0 Å². The number of halogens is 1. The molecule has 0 aliphatic carbocycles. The van der Waals surface area contributed by atoms with E-state index in [9.17, 15) is 23.9 Å². The van der Waals surface area contributed by atoms with E-state index in [0.717, 1.165) is 6.07 Å². The maximum Gasteiger partial charge on any atom is 0.311 e. The zero-order chi connectivity index (χ0) is 20.4. The Balaban J connectivity index is 2.13. The molecule has 1 fully saturated rings. The van der Waals surface area contributed by atoms with Gasteiger partial charge in [-0.05, 0) is 36.5 Å². The summed E-state index contributed by atoms with van der Waals surface area (Å²) in [5.41, 5.74) is -0.807. The topological polar surface area (TPSA) is 86.7 Å². The first-order valence-corrected chi connectivity index (χ1v) is 9.19. The van der Waals surface area contributed by atoms with Crippen LogP contribution in [0.4, 0.5) is 10.1 Å². The molecule has 1 heterocycles. The molecule has 1 aliphatic heterocycles. The van der Waals surface area contributed by atoms with Gasteiger partial charge in [-0.3, -0.25) is 14.4 Å². The number of nitrogens with one attached hydrogen (secondary N) is 1. The van der Waals surface area contributed by atoms with Crippen LogP contribution < -0.4 is 5.32 Å². The van der Waals surface area contributed by atoms with E-state index in [4.69, 9.17) is 0 Å². The molecule has 1 saturated heterocycles. The van der Waals surface area contributed by atoms with Crippen LogP contribution in [-0.4, -0.2) is 40.9 Å². The van der Waals surface area contributed by atoms with Gasteiger partial charge in [0.05, 0.1) is 11.1 Å². The van der Waals surface area contributed by atoms with Crippen molar-refractivity contribution in [1.82, 2.24) is 4.90 Å². The maximum absolute atomic E-state index is 14.3. The zero-order valence-electron chi connectivity index (χ0n) is 16.2. The molecule has 1 aliphatic rings. The average molecular weight is 378 g/mol. The second-order valence-corrected chi connectivity index (χ2v) is 7.93. The summed E-state index contributed by atoms with van der Waals surface area (Å²) in [6.45, 7) is 7.86. The molecular weight excluding hydrogens is 351 g/mol. The Hall–Kier alpha value is -2.44. The third-order valence-electron chi connectivity index (χ3n) is 5.20. The number of amides is 2. The fourth-order valence-electron chi connectivity index (χ4n) is 3.40. The zero-order valence-corrected chi connectivity index (χ0v) is 16.2. The SMILES string of the molecule is CC(C)CC(=O)Nc1ccc(C(=O)N2CCC(C(=O)O)(C(C)C)C2)cc1F. The summed E-state index contributed by atoms with van der Waals surface area (Å²) in [5, 5.41) is 12.1. The average Bonchev–Trinajstić information content (AvgIpc) is 3.02. The van der Waals surface area contributed by atoms with Crippen LogP contribution in [0.25, 0.3) is 0 Å². The highest BCUT2D eigenvalue weighted by Crippen LogP contribution is 2.38. The summed E-state index contributed by atoms with van der Waals surface area (Å²) < 4.78 is 14.3. The van der Waals surface area contributed by atoms with Gasteiger partial charge in [-0.25, -0.2) is 4.39 Å². The van der Waals surface area contributed by atoms with Crippen molar-refractivity contribution in [3.8, 4) is 0 Å². The van der Waals surface area contributed by atoms with Crippen molar-refractivity contribution in [2.75, 3.05) is 18.4 Å². The molecule has 0 aromatic heterocycles. The summed E-state index contributed by atoms with van der Waals surface area (Å²) in [6.07, 6.45) is 0.651. The molecule has 0 bridgehead atoms. The van der Waals surface area contributed by atoms with Gasteiger partial charge in [-0.2, -0.15) is 0 Å². The van der Waals surface area contributed by atoms with Gasteiger partial charge < -0.3 is 15.3 Å². The van der Waals surface area contributed by atoms with Gasteiger partial charge in [0.15, 0.2) is 0 Å². The van der Waals surface area contributed by atoms with Crippen molar-refractivity contribution in [1.29, 1.82) is 0 Å². The summed E-state index contributed by atoms with van der Waals surface area (Å²) in [6, 6.07) is 3.90. The van der Waals surface area contributed by atoms with E-state index >= 15 is 0 Å². The van der Waals surface area contributed by atoms with E-state index < -0.39 is 23.1 Å². The number of nitrogens with zero attached hydrogens (tertiary/aromatic N) is 1. The lowest BCUT2D eigenvalue weighted by Gasteiger charge is -2.28. The quantitative estimate of drug-likeness (QED) is 0.794. The molecular formula is C20H27FN2O4. The minimum absolute atomic E-state index is 0.0284. The standard InChI is InChI=1S/C20H27FN2O4/c1-12(2)9-17(24)22-16-6-5-14(10-15(16)21)18(25)23-8-7-20(11-23,13(3)4)19(26)27/h5-6,10,12-13H,7-9,11H2,1-4H3,(H,22,24)(H,26,27). The van der Waals surface area contributed by atoms with E-state index in [1.165, 1.54) is 17.0 Å². The Morgan fingerprint density at radius 3 is 2.41 bits per heavy atom. The Kier molecular flexibility index (Phi) is 6.23. The number of carboxylic acid groups (broad SMARTS) is 1. The van der Waals surface area contributed by atoms with Crippen LogP contribution in [0.1, 0.15) is 50.9 Å². The van der Waals surface area contributed by atoms with Crippen LogP contribution in [-0.2, 0) is 9.59 Å². The van der Waals surface area contributed by atoms with Crippen molar-refractivity contribution in [3.05, 3.63) is 29.6 Å². The Bertz CT molecular complexity index is 747. The van der Waals surface area contributed by atoms with Gasteiger partial charge in [-0.1, -0.05) is 27.7 Å². The summed E-state index contributed by atoms with van der Waals surface area (Å²) >= 11 is 0. The molecule has 0 spiro atoms. The number of hydrogen-bond acceptors (Lipinski definition) is 3. The van der Waals surface area contributed by atoms with Crippen molar-refractivity contribution in [2.24, 2.45) is 17.3 Å². The molecule has 0 radical (unpaired) electrons. The second kappa shape index (κ2) is 8.06. The van der Waals surface area contributed by atoms with Crippen LogP contribution >= 0.6 is 0 Å². The van der Waals surface area contributed by atoms with Crippen molar-refractivity contribution >= 4 is 23.5 Å². The van der Waals surface area contributed by atoms with E-state index in [1.807, 2.05) is 27.7 Å². The minimum Gasteiger partial charge on any atom is -0.481 e. The molecule has 2 amide bonds. The molecule has 2 N–H and O–H groups in total. The molecule has 148 valence electrons. The second-order valence-electron chi connectivity index (χ2n) is 7.93. The van der Waals surface area contributed by atoms with Crippen molar-refractivity contribution in [2.45, 2.75) is 40.5 Å². The predicted octanol–water partition coefficient (Wildman–Crippen LogP) is 3.38. The highest BCUT2D eigenvalue weighted by molar-refractivity contribution is 5.96. The molecule has 1 aromatic rings. The first kappa shape index (κ1) is 20.9. The number of aliphatic carboxylic acids is 1. The van der Waals surface area contributed by atoms with Crippen LogP contribution in [0.3, 0.4) is 0 Å². The molecule has 1 unspecified atom stereocenters. The fraction of sp³-hybridized carbons (Fsp3) is 0.550. The molecule has 1 aromatic carbocycles. The summed E-state index contributed by atoms with van der Waals surface area (Å²) in [5.74, 6) is -2.27. The molecule has 6 nitrogen and oxygen atoms in total. The van der Waals surface area contributed by atoms with Gasteiger partial charge in [0.1, 0.15) is 5.82 Å². The number of anilines is 1. The lowest BCUT2D eigenvalue weighted by atomic mass is 9.76. The number of benzene rings is 1. The van der Waals surface area contributed by atoms with Crippen LogP contribution in [0, 0.1) is 23.1 Å². The summed E-state index contributed by atoms with van der Waals surface area (Å²) in [4.78, 5) is 37.7. The molecule has 1 atom stereocenters. The Labute approximate surface area is 158 Å². The highest BCUT2D eigenvalue weighted by atomic mass is 19.1. The first-order valence-electron chi connectivity index (χ1n) is 9.19. The van der Waals surface area contributed by atoms with E-state index in [2.05, 4.69) is 5.32 Å². The number of likely N-dealkylation sites (tertiary alicyclic amines) is 1. The number of rotatable bonds is 6. The fourth-order valence-corrected chi connectivity index (χ4v) is 3.40. The lowest BCUT2D eigenvalue weighted by molar-refractivity contribution is -0.150. The highest BCUT2D eigenvalue weighted by Gasteiger charge is 2.48. The monoisotopic (exact) mass is 378 g/mol. The number of carbonyl (C=O) groups is 3. The summed E-state index contributed by atoms with van der Waals surface area (Å²) in [7, 11) is 0. The normalized spacial score (nSPS) is 19.6. The molecule has 7 heteroatoms. The van der Waals surface area contributed by atoms with Gasteiger partial charge in [-0.15, -0.1) is 0 Å². The predicted molar refractivity (Wildman–Crippen MR) is 99.9 cm³/mol. The first-order chi connectivity index (χ1) is 12.6. The smallest absolute Gasteiger partial charge is 0.311 e.